The number of hydrogen-bond donors (Lipinski definition) is 2. The van der Waals surface area contributed by atoms with Crippen LogP contribution in [0.2, 0.25) is 5.02 Å². The van der Waals surface area contributed by atoms with Crippen molar-refractivity contribution in [1.82, 2.24) is 0 Å². The normalized spacial score (nSPS) is 11.2. The first-order chi connectivity index (χ1) is 6.80. The molecule has 0 aromatic heterocycles. The lowest BCUT2D eigenvalue weighted by molar-refractivity contribution is -0.117. The fraction of sp³-hybridized carbons (Fsp3) is 0.300. The Labute approximate surface area is 102 Å². The summed E-state index contributed by atoms with van der Waals surface area (Å²) >= 11 is 8.88. The molecule has 15 heavy (non-hydrogen) atoms. The molecule has 0 aliphatic rings. The molecule has 0 atom stereocenters. The lowest BCUT2D eigenvalue weighted by atomic mass is 10.2. The standard InChI is InChI=1S/C10H11BrClNO2/c1-10(2,11)9(15)13-7-4-3-6(12)5-8(7)14/h3-5,14H,1-2H3,(H,13,15). The van der Waals surface area contributed by atoms with E-state index in [-0.39, 0.29) is 11.7 Å². The molecule has 0 bridgehead atoms. The number of carbonyl (C=O) groups is 1. The SMILES string of the molecule is CC(C)(Br)C(=O)Nc1ccc(Cl)cc1O. The Hall–Kier alpha value is -0.740. The summed E-state index contributed by atoms with van der Waals surface area (Å²) in [6.07, 6.45) is 0. The molecule has 0 spiro atoms. The molecule has 0 saturated carbocycles. The second kappa shape index (κ2) is 4.41. The zero-order valence-electron chi connectivity index (χ0n) is 8.34. The van der Waals surface area contributed by atoms with Crippen LogP contribution in [0.5, 0.6) is 5.75 Å². The van der Waals surface area contributed by atoms with Gasteiger partial charge in [0.2, 0.25) is 5.91 Å². The minimum Gasteiger partial charge on any atom is -0.506 e. The molecule has 1 aromatic carbocycles. The third-order valence-electron chi connectivity index (χ3n) is 1.75. The van der Waals surface area contributed by atoms with E-state index < -0.39 is 4.32 Å². The maximum absolute atomic E-state index is 11.6. The van der Waals surface area contributed by atoms with Crippen LogP contribution in [0.3, 0.4) is 0 Å². The third kappa shape index (κ3) is 3.39. The zero-order valence-corrected chi connectivity index (χ0v) is 10.7. The van der Waals surface area contributed by atoms with Crippen LogP contribution in [-0.2, 0) is 4.79 Å². The molecule has 5 heteroatoms. The molecule has 0 aliphatic carbocycles. The number of aromatic hydroxyl groups is 1. The number of carbonyl (C=O) groups excluding carboxylic acids is 1. The second-order valence-electron chi connectivity index (χ2n) is 3.59. The van der Waals surface area contributed by atoms with E-state index in [1.165, 1.54) is 6.07 Å². The first-order valence-electron chi connectivity index (χ1n) is 4.29. The van der Waals surface area contributed by atoms with Gasteiger partial charge in [-0.3, -0.25) is 4.79 Å². The highest BCUT2D eigenvalue weighted by Crippen LogP contribution is 2.28. The van der Waals surface area contributed by atoms with Crippen LogP contribution >= 0.6 is 27.5 Å². The van der Waals surface area contributed by atoms with Gasteiger partial charge in [-0.2, -0.15) is 0 Å². The van der Waals surface area contributed by atoms with Gasteiger partial charge in [0, 0.05) is 11.1 Å². The average Bonchev–Trinajstić information content (AvgIpc) is 2.08. The molecule has 0 unspecified atom stereocenters. The van der Waals surface area contributed by atoms with Crippen molar-refractivity contribution < 1.29 is 9.90 Å². The zero-order chi connectivity index (χ0) is 11.6. The smallest absolute Gasteiger partial charge is 0.240 e. The molecule has 2 N–H and O–H groups in total. The molecule has 0 fully saturated rings. The number of phenols is 1. The van der Waals surface area contributed by atoms with Crippen molar-refractivity contribution in [2.75, 3.05) is 5.32 Å². The van der Waals surface area contributed by atoms with Gasteiger partial charge in [0.25, 0.3) is 0 Å². The van der Waals surface area contributed by atoms with Gasteiger partial charge in [-0.15, -0.1) is 0 Å². The van der Waals surface area contributed by atoms with Crippen LogP contribution in [-0.4, -0.2) is 15.3 Å². The van der Waals surface area contributed by atoms with Gasteiger partial charge < -0.3 is 10.4 Å². The fourth-order valence-electron chi connectivity index (χ4n) is 0.881. The highest BCUT2D eigenvalue weighted by atomic mass is 79.9. The maximum Gasteiger partial charge on any atom is 0.240 e. The Bertz CT molecular complexity index is 387. The van der Waals surface area contributed by atoms with E-state index in [0.717, 1.165) is 0 Å². The summed E-state index contributed by atoms with van der Waals surface area (Å²) in [7, 11) is 0. The van der Waals surface area contributed by atoms with Gasteiger partial charge in [0.15, 0.2) is 0 Å². The summed E-state index contributed by atoms with van der Waals surface area (Å²) in [5.74, 6) is -0.285. The van der Waals surface area contributed by atoms with E-state index >= 15 is 0 Å². The molecule has 1 amide bonds. The largest absolute Gasteiger partial charge is 0.506 e. The van der Waals surface area contributed by atoms with Gasteiger partial charge in [0.05, 0.1) is 10.0 Å². The highest BCUT2D eigenvalue weighted by molar-refractivity contribution is 9.10. The summed E-state index contributed by atoms with van der Waals surface area (Å²) in [5, 5.41) is 12.5. The van der Waals surface area contributed by atoms with Crippen molar-refractivity contribution in [3.8, 4) is 5.75 Å². The molecule has 0 aliphatic heterocycles. The van der Waals surface area contributed by atoms with Crippen molar-refractivity contribution in [3.63, 3.8) is 0 Å². The quantitative estimate of drug-likeness (QED) is 0.650. The predicted octanol–water partition coefficient (Wildman–Crippen LogP) is 3.16. The van der Waals surface area contributed by atoms with Crippen molar-refractivity contribution >= 4 is 39.1 Å². The number of benzene rings is 1. The highest BCUT2D eigenvalue weighted by Gasteiger charge is 2.24. The van der Waals surface area contributed by atoms with Crippen LogP contribution in [0.25, 0.3) is 0 Å². The number of hydrogen-bond acceptors (Lipinski definition) is 2. The lowest BCUT2D eigenvalue weighted by Gasteiger charge is -2.16. The molecular weight excluding hydrogens is 281 g/mol. The third-order valence-corrected chi connectivity index (χ3v) is 2.34. The number of amides is 1. The maximum atomic E-state index is 11.6. The minimum absolute atomic E-state index is 0.0485. The van der Waals surface area contributed by atoms with E-state index in [9.17, 15) is 9.90 Å². The molecule has 82 valence electrons. The first-order valence-corrected chi connectivity index (χ1v) is 5.46. The molecule has 0 radical (unpaired) electrons. The molecule has 0 saturated heterocycles. The number of nitrogens with one attached hydrogen (secondary N) is 1. The van der Waals surface area contributed by atoms with Crippen molar-refractivity contribution in [2.45, 2.75) is 18.2 Å². The minimum atomic E-state index is -0.681. The number of rotatable bonds is 2. The Morgan fingerprint density at radius 1 is 1.53 bits per heavy atom. The molecule has 0 heterocycles. The van der Waals surface area contributed by atoms with Gasteiger partial charge in [-0.1, -0.05) is 27.5 Å². The Morgan fingerprint density at radius 2 is 2.13 bits per heavy atom. The van der Waals surface area contributed by atoms with Gasteiger partial charge in [0.1, 0.15) is 5.75 Å². The van der Waals surface area contributed by atoms with Gasteiger partial charge >= 0.3 is 0 Å². The van der Waals surface area contributed by atoms with Gasteiger partial charge in [-0.25, -0.2) is 0 Å². The monoisotopic (exact) mass is 291 g/mol. The van der Waals surface area contributed by atoms with E-state index in [1.807, 2.05) is 0 Å². The Kier molecular flexibility index (Phi) is 3.62. The molecule has 1 rings (SSSR count). The predicted molar refractivity (Wildman–Crippen MR) is 64.8 cm³/mol. The van der Waals surface area contributed by atoms with Crippen LogP contribution in [0.15, 0.2) is 18.2 Å². The summed E-state index contributed by atoms with van der Waals surface area (Å²) in [6, 6.07) is 4.52. The summed E-state index contributed by atoms with van der Waals surface area (Å²) < 4.78 is -0.681. The topological polar surface area (TPSA) is 49.3 Å². The first kappa shape index (κ1) is 12.3. The van der Waals surface area contributed by atoms with E-state index in [2.05, 4.69) is 21.2 Å². The van der Waals surface area contributed by atoms with Crippen LogP contribution < -0.4 is 5.32 Å². The molecular formula is C10H11BrClNO2. The van der Waals surface area contributed by atoms with Crippen molar-refractivity contribution in [2.24, 2.45) is 0 Å². The van der Waals surface area contributed by atoms with E-state index in [0.29, 0.717) is 10.7 Å². The van der Waals surface area contributed by atoms with Crippen LogP contribution in [0, 0.1) is 0 Å². The van der Waals surface area contributed by atoms with Gasteiger partial charge in [-0.05, 0) is 26.0 Å². The van der Waals surface area contributed by atoms with Crippen molar-refractivity contribution in [1.29, 1.82) is 0 Å². The Balaban J connectivity index is 2.87. The van der Waals surface area contributed by atoms with Crippen molar-refractivity contribution in [3.05, 3.63) is 23.2 Å². The summed E-state index contributed by atoms with van der Waals surface area (Å²) in [5.41, 5.74) is 0.344. The number of anilines is 1. The average molecular weight is 293 g/mol. The molecule has 3 nitrogen and oxygen atoms in total. The van der Waals surface area contributed by atoms with Crippen LogP contribution in [0.1, 0.15) is 13.8 Å². The fourth-order valence-corrected chi connectivity index (χ4v) is 1.15. The summed E-state index contributed by atoms with van der Waals surface area (Å²) in [6.45, 7) is 3.44. The second-order valence-corrected chi connectivity index (χ2v) is 6.01. The number of halogens is 2. The van der Waals surface area contributed by atoms with E-state index in [1.54, 1.807) is 26.0 Å². The number of phenolic OH excluding ortho intramolecular Hbond substituents is 1. The summed E-state index contributed by atoms with van der Waals surface area (Å²) in [4.78, 5) is 11.6. The van der Waals surface area contributed by atoms with Crippen LogP contribution in [0.4, 0.5) is 5.69 Å². The Morgan fingerprint density at radius 3 is 2.60 bits per heavy atom. The van der Waals surface area contributed by atoms with E-state index in [4.69, 9.17) is 11.6 Å². The number of alkyl halides is 1. The lowest BCUT2D eigenvalue weighted by Crippen LogP contribution is -2.30. The molecule has 1 aromatic rings.